The van der Waals surface area contributed by atoms with Gasteiger partial charge >= 0.3 is 0 Å². The molecule has 0 bridgehead atoms. The molecule has 0 fully saturated rings. The number of hydrogen-bond acceptors (Lipinski definition) is 2. The zero-order valence-corrected chi connectivity index (χ0v) is 11.8. The first-order valence-electron chi connectivity index (χ1n) is 6.28. The minimum Gasteiger partial charge on any atom is -0.340 e. The Kier molecular flexibility index (Phi) is 2.99. The Balaban J connectivity index is 1.91. The lowest BCUT2D eigenvalue weighted by atomic mass is 10.2. The Morgan fingerprint density at radius 2 is 2.00 bits per heavy atom. The molecule has 0 aliphatic rings. The maximum atomic E-state index is 12.2. The van der Waals surface area contributed by atoms with E-state index in [0.717, 1.165) is 10.4 Å². The van der Waals surface area contributed by atoms with Gasteiger partial charge in [0.05, 0.1) is 11.4 Å². The minimum absolute atomic E-state index is 0.177. The van der Waals surface area contributed by atoms with Crippen LogP contribution in [0.25, 0.3) is 10.9 Å². The third kappa shape index (κ3) is 2.34. The van der Waals surface area contributed by atoms with E-state index in [1.807, 2.05) is 29.8 Å². The summed E-state index contributed by atoms with van der Waals surface area (Å²) in [5, 5.41) is 1.19. The van der Waals surface area contributed by atoms with Gasteiger partial charge in [-0.25, -0.2) is 0 Å². The summed E-state index contributed by atoms with van der Waals surface area (Å²) in [7, 11) is 0. The number of ketones is 1. The Hall–Kier alpha value is -1.87. The van der Waals surface area contributed by atoms with E-state index in [0.29, 0.717) is 6.54 Å². The molecule has 2 heterocycles. The van der Waals surface area contributed by atoms with Gasteiger partial charge < -0.3 is 4.57 Å². The minimum atomic E-state index is 0.177. The second-order valence-corrected chi connectivity index (χ2v) is 6.13. The van der Waals surface area contributed by atoms with Crippen molar-refractivity contribution in [3.05, 3.63) is 57.9 Å². The summed E-state index contributed by atoms with van der Waals surface area (Å²) in [6.45, 7) is 4.51. The molecule has 19 heavy (non-hydrogen) atoms. The summed E-state index contributed by atoms with van der Waals surface area (Å²) in [6, 6.07) is 12.3. The fraction of sp³-hybridized carbons (Fsp3) is 0.188. The van der Waals surface area contributed by atoms with Crippen LogP contribution in [-0.4, -0.2) is 10.4 Å². The van der Waals surface area contributed by atoms with Gasteiger partial charge in [0.15, 0.2) is 5.78 Å². The molecule has 3 rings (SSSR count). The third-order valence-electron chi connectivity index (χ3n) is 3.26. The molecule has 0 aliphatic carbocycles. The van der Waals surface area contributed by atoms with Crippen molar-refractivity contribution in [1.82, 2.24) is 4.57 Å². The smallest absolute Gasteiger partial charge is 0.192 e. The molecule has 3 aromatic rings. The number of fused-ring (bicyclic) bond motifs is 1. The highest BCUT2D eigenvalue weighted by Crippen LogP contribution is 2.20. The monoisotopic (exact) mass is 269 g/mol. The average molecular weight is 269 g/mol. The third-order valence-corrected chi connectivity index (χ3v) is 4.30. The first-order chi connectivity index (χ1) is 9.13. The van der Waals surface area contributed by atoms with Gasteiger partial charge in [0.1, 0.15) is 0 Å². The highest BCUT2D eigenvalue weighted by molar-refractivity contribution is 7.14. The van der Waals surface area contributed by atoms with Crippen LogP contribution in [0.15, 0.2) is 42.6 Å². The van der Waals surface area contributed by atoms with Crippen molar-refractivity contribution in [2.45, 2.75) is 20.4 Å². The Morgan fingerprint density at radius 3 is 2.74 bits per heavy atom. The largest absolute Gasteiger partial charge is 0.340 e. The molecule has 0 saturated carbocycles. The molecular weight excluding hydrogens is 254 g/mol. The summed E-state index contributed by atoms with van der Waals surface area (Å²) in [4.78, 5) is 14.2. The van der Waals surface area contributed by atoms with E-state index in [4.69, 9.17) is 0 Å². The van der Waals surface area contributed by atoms with E-state index in [1.165, 1.54) is 15.8 Å². The number of carbonyl (C=O) groups excluding carboxylic acids is 1. The number of Topliss-reactive ketones (excluding diaryl/α,β-unsaturated/α-hetero) is 1. The summed E-state index contributed by atoms with van der Waals surface area (Å²) < 4.78 is 2.02. The lowest BCUT2D eigenvalue weighted by Crippen LogP contribution is -2.07. The molecule has 0 atom stereocenters. The Bertz CT molecular complexity index is 751. The number of thiophene rings is 1. The molecule has 1 aromatic carbocycles. The van der Waals surface area contributed by atoms with Crippen LogP contribution in [-0.2, 0) is 6.54 Å². The van der Waals surface area contributed by atoms with Gasteiger partial charge in [0.2, 0.25) is 0 Å². The van der Waals surface area contributed by atoms with Crippen LogP contribution >= 0.6 is 11.3 Å². The number of benzene rings is 1. The maximum absolute atomic E-state index is 12.2. The topological polar surface area (TPSA) is 22.0 Å². The van der Waals surface area contributed by atoms with Crippen molar-refractivity contribution >= 4 is 28.0 Å². The second kappa shape index (κ2) is 4.67. The first kappa shape index (κ1) is 12.2. The lowest BCUT2D eigenvalue weighted by molar-refractivity contribution is 0.0977. The van der Waals surface area contributed by atoms with Crippen molar-refractivity contribution in [2.75, 3.05) is 0 Å². The van der Waals surface area contributed by atoms with Crippen molar-refractivity contribution in [3.63, 3.8) is 0 Å². The molecule has 0 unspecified atom stereocenters. The van der Waals surface area contributed by atoms with E-state index in [9.17, 15) is 4.79 Å². The number of rotatable bonds is 3. The predicted octanol–water partition coefficient (Wildman–Crippen LogP) is 4.20. The fourth-order valence-corrected chi connectivity index (χ4v) is 3.07. The zero-order valence-electron chi connectivity index (χ0n) is 11.0. The standard InChI is InChI=1S/C16H15NOS/c1-11-3-5-14-13(9-11)7-8-17(14)10-15(18)16-6-4-12(2)19-16/h3-9H,10H2,1-2H3. The van der Waals surface area contributed by atoms with E-state index in [-0.39, 0.29) is 5.78 Å². The highest BCUT2D eigenvalue weighted by Gasteiger charge is 2.10. The number of aryl methyl sites for hydroxylation is 2. The molecular formula is C16H15NOS. The van der Waals surface area contributed by atoms with Crippen molar-refractivity contribution < 1.29 is 4.79 Å². The van der Waals surface area contributed by atoms with Gasteiger partial charge in [-0.15, -0.1) is 11.3 Å². The van der Waals surface area contributed by atoms with Crippen LogP contribution in [0, 0.1) is 13.8 Å². The second-order valence-electron chi connectivity index (χ2n) is 4.84. The molecule has 0 aliphatic heterocycles. The number of hydrogen-bond donors (Lipinski definition) is 0. The summed E-state index contributed by atoms with van der Waals surface area (Å²) in [6.07, 6.45) is 1.99. The Morgan fingerprint density at radius 1 is 1.16 bits per heavy atom. The molecule has 2 nitrogen and oxygen atoms in total. The first-order valence-corrected chi connectivity index (χ1v) is 7.10. The van der Waals surface area contributed by atoms with Gasteiger partial charge in [-0.2, -0.15) is 0 Å². The normalized spacial score (nSPS) is 11.1. The zero-order chi connectivity index (χ0) is 13.4. The number of nitrogens with zero attached hydrogens (tertiary/aromatic N) is 1. The van der Waals surface area contributed by atoms with Crippen molar-refractivity contribution in [1.29, 1.82) is 0 Å². The van der Waals surface area contributed by atoms with Gasteiger partial charge in [0.25, 0.3) is 0 Å². The van der Waals surface area contributed by atoms with Crippen molar-refractivity contribution in [2.24, 2.45) is 0 Å². The maximum Gasteiger partial charge on any atom is 0.192 e. The van der Waals surface area contributed by atoms with Crippen LogP contribution in [0.2, 0.25) is 0 Å². The van der Waals surface area contributed by atoms with Crippen LogP contribution in [0.1, 0.15) is 20.1 Å². The fourth-order valence-electron chi connectivity index (χ4n) is 2.27. The van der Waals surface area contributed by atoms with E-state index in [1.54, 1.807) is 11.3 Å². The molecule has 0 N–H and O–H groups in total. The van der Waals surface area contributed by atoms with Gasteiger partial charge in [-0.3, -0.25) is 4.79 Å². The van der Waals surface area contributed by atoms with Crippen LogP contribution in [0.4, 0.5) is 0 Å². The number of carbonyl (C=O) groups is 1. The van der Waals surface area contributed by atoms with E-state index < -0.39 is 0 Å². The van der Waals surface area contributed by atoms with Gasteiger partial charge in [0, 0.05) is 16.6 Å². The van der Waals surface area contributed by atoms with Gasteiger partial charge in [-0.1, -0.05) is 11.6 Å². The molecule has 3 heteroatoms. The van der Waals surface area contributed by atoms with Crippen LogP contribution in [0.5, 0.6) is 0 Å². The summed E-state index contributed by atoms with van der Waals surface area (Å²) in [5.41, 5.74) is 2.36. The average Bonchev–Trinajstić information content (AvgIpc) is 2.96. The predicted molar refractivity (Wildman–Crippen MR) is 80.1 cm³/mol. The molecule has 0 amide bonds. The molecule has 0 radical (unpaired) electrons. The van der Waals surface area contributed by atoms with E-state index >= 15 is 0 Å². The molecule has 96 valence electrons. The molecule has 0 saturated heterocycles. The van der Waals surface area contributed by atoms with Gasteiger partial charge in [-0.05, 0) is 49.6 Å². The quantitative estimate of drug-likeness (QED) is 0.653. The molecule has 2 aromatic heterocycles. The number of aromatic nitrogens is 1. The molecule has 0 spiro atoms. The SMILES string of the molecule is Cc1ccc2c(ccn2CC(=O)c2ccc(C)s2)c1. The Labute approximate surface area is 116 Å². The summed E-state index contributed by atoms with van der Waals surface area (Å²) in [5.74, 6) is 0.177. The van der Waals surface area contributed by atoms with Crippen molar-refractivity contribution in [3.8, 4) is 0 Å². The van der Waals surface area contributed by atoms with Crippen LogP contribution < -0.4 is 0 Å². The summed E-state index contributed by atoms with van der Waals surface area (Å²) >= 11 is 1.56. The van der Waals surface area contributed by atoms with E-state index in [2.05, 4.69) is 31.2 Å². The van der Waals surface area contributed by atoms with Crippen LogP contribution in [0.3, 0.4) is 0 Å². The lowest BCUT2D eigenvalue weighted by Gasteiger charge is -2.04. The highest BCUT2D eigenvalue weighted by atomic mass is 32.1.